The largest absolute Gasteiger partial charge is 0.339 e. The van der Waals surface area contributed by atoms with Crippen LogP contribution in [0.5, 0.6) is 0 Å². The number of hydrogen-bond donors (Lipinski definition) is 1. The fraction of sp³-hybridized carbons (Fsp3) is 0.500. The second-order valence-electron chi connectivity index (χ2n) is 4.78. The summed E-state index contributed by atoms with van der Waals surface area (Å²) >= 11 is 4.38. The molecule has 1 aromatic rings. The molecule has 0 bridgehead atoms. The van der Waals surface area contributed by atoms with E-state index < -0.39 is 0 Å². The van der Waals surface area contributed by atoms with Crippen LogP contribution >= 0.6 is 12.6 Å². The predicted molar refractivity (Wildman–Crippen MR) is 73.3 cm³/mol. The quantitative estimate of drug-likeness (QED) is 0.813. The lowest BCUT2D eigenvalue weighted by Crippen LogP contribution is -2.34. The minimum Gasteiger partial charge on any atom is -0.339 e. The highest BCUT2D eigenvalue weighted by Crippen LogP contribution is 2.20. The zero-order chi connectivity index (χ0) is 12.3. The number of rotatable bonds is 4. The second-order valence-corrected chi connectivity index (χ2v) is 5.51. The van der Waals surface area contributed by atoms with Crippen molar-refractivity contribution < 1.29 is 4.79 Å². The van der Waals surface area contributed by atoms with E-state index in [-0.39, 0.29) is 11.2 Å². The third kappa shape index (κ3) is 3.25. The molecule has 1 fully saturated rings. The molecule has 1 aliphatic rings. The van der Waals surface area contributed by atoms with Gasteiger partial charge in [-0.2, -0.15) is 12.6 Å². The van der Waals surface area contributed by atoms with Gasteiger partial charge in [0, 0.05) is 24.3 Å². The molecule has 92 valence electrons. The Kier molecular flexibility index (Phi) is 4.11. The summed E-state index contributed by atoms with van der Waals surface area (Å²) < 4.78 is 0. The highest BCUT2D eigenvalue weighted by Gasteiger charge is 2.30. The van der Waals surface area contributed by atoms with Gasteiger partial charge in [0.25, 0.3) is 0 Å². The van der Waals surface area contributed by atoms with Gasteiger partial charge in [0.1, 0.15) is 0 Å². The minimum absolute atomic E-state index is 0.224. The number of carbonyl (C=O) groups excluding carboxylic acids is 1. The van der Waals surface area contributed by atoms with E-state index in [0.29, 0.717) is 12.5 Å². The fourth-order valence-corrected chi connectivity index (χ4v) is 2.65. The summed E-state index contributed by atoms with van der Waals surface area (Å²) in [5.41, 5.74) is 1.34. The summed E-state index contributed by atoms with van der Waals surface area (Å²) in [5.74, 6) is 0.255. The van der Waals surface area contributed by atoms with Crippen molar-refractivity contribution in [2.45, 2.75) is 37.5 Å². The van der Waals surface area contributed by atoms with E-state index in [4.69, 9.17) is 0 Å². The van der Waals surface area contributed by atoms with E-state index in [1.54, 1.807) is 0 Å². The maximum atomic E-state index is 11.7. The number of aryl methyl sites for hydroxylation is 1. The van der Waals surface area contributed by atoms with Crippen LogP contribution in [0.25, 0.3) is 0 Å². The van der Waals surface area contributed by atoms with Gasteiger partial charge in [-0.1, -0.05) is 30.3 Å². The first kappa shape index (κ1) is 12.5. The number of likely N-dealkylation sites (tertiary alicyclic amines) is 1. The molecule has 2 unspecified atom stereocenters. The molecule has 0 N–H and O–H groups in total. The maximum Gasteiger partial charge on any atom is 0.224 e. The first-order valence-corrected chi connectivity index (χ1v) is 6.70. The molecule has 1 amide bonds. The number of carbonyl (C=O) groups is 1. The van der Waals surface area contributed by atoms with Crippen molar-refractivity contribution in [2.75, 3.05) is 6.54 Å². The van der Waals surface area contributed by atoms with Crippen molar-refractivity contribution in [3.63, 3.8) is 0 Å². The molecule has 0 saturated carbocycles. The molecule has 2 atom stereocenters. The number of benzene rings is 1. The Bertz CT molecular complexity index is 379. The third-order valence-electron chi connectivity index (χ3n) is 3.36. The summed E-state index contributed by atoms with van der Waals surface area (Å²) in [5, 5.41) is 0.224. The average molecular weight is 249 g/mol. The maximum absolute atomic E-state index is 11.7. The number of nitrogens with zero attached hydrogens (tertiary/aromatic N) is 1. The summed E-state index contributed by atoms with van der Waals surface area (Å²) in [4.78, 5) is 13.7. The van der Waals surface area contributed by atoms with Crippen LogP contribution < -0.4 is 0 Å². The lowest BCUT2D eigenvalue weighted by Gasteiger charge is -2.24. The summed E-state index contributed by atoms with van der Waals surface area (Å²) in [6, 6.07) is 10.7. The Labute approximate surface area is 108 Å². The van der Waals surface area contributed by atoms with Gasteiger partial charge in [-0.15, -0.1) is 0 Å². The number of amides is 1. The van der Waals surface area contributed by atoms with Gasteiger partial charge in [-0.25, -0.2) is 0 Å². The predicted octanol–water partition coefficient (Wildman–Crippen LogP) is 2.54. The van der Waals surface area contributed by atoms with E-state index in [9.17, 15) is 4.79 Å². The van der Waals surface area contributed by atoms with Gasteiger partial charge in [0.05, 0.1) is 0 Å². The monoisotopic (exact) mass is 249 g/mol. The molecule has 1 saturated heterocycles. The number of thiol groups is 1. The Morgan fingerprint density at radius 3 is 2.71 bits per heavy atom. The molecular weight excluding hydrogens is 230 g/mol. The van der Waals surface area contributed by atoms with Crippen LogP contribution in [0.15, 0.2) is 30.3 Å². The SMILES string of the molecule is CC(CCc1ccccc1)N1CC(S)CC1=O. The fourth-order valence-electron chi connectivity index (χ4n) is 2.31. The van der Waals surface area contributed by atoms with Crippen LogP contribution in [0.2, 0.25) is 0 Å². The standard InChI is InChI=1S/C14H19NOS/c1-11(15-10-13(17)9-14(15)16)7-8-12-5-3-2-4-6-12/h2-6,11,13,17H,7-10H2,1H3. The van der Waals surface area contributed by atoms with Crippen molar-refractivity contribution >= 4 is 18.5 Å². The van der Waals surface area contributed by atoms with Crippen LogP contribution in [0, 0.1) is 0 Å². The van der Waals surface area contributed by atoms with Crippen molar-refractivity contribution in [3.8, 4) is 0 Å². The molecule has 0 aliphatic carbocycles. The third-order valence-corrected chi connectivity index (χ3v) is 3.71. The van der Waals surface area contributed by atoms with Crippen molar-refractivity contribution in [3.05, 3.63) is 35.9 Å². The van der Waals surface area contributed by atoms with Crippen LogP contribution in [0.1, 0.15) is 25.3 Å². The Balaban J connectivity index is 1.85. The highest BCUT2D eigenvalue weighted by atomic mass is 32.1. The molecule has 17 heavy (non-hydrogen) atoms. The zero-order valence-electron chi connectivity index (χ0n) is 10.2. The van der Waals surface area contributed by atoms with Gasteiger partial charge in [0.2, 0.25) is 5.91 Å². The first-order chi connectivity index (χ1) is 8.16. The molecule has 0 radical (unpaired) electrons. The highest BCUT2D eigenvalue weighted by molar-refractivity contribution is 7.81. The van der Waals surface area contributed by atoms with Crippen LogP contribution in [-0.2, 0) is 11.2 Å². The van der Waals surface area contributed by atoms with Gasteiger partial charge < -0.3 is 4.90 Å². The van der Waals surface area contributed by atoms with E-state index >= 15 is 0 Å². The molecule has 1 aromatic carbocycles. The van der Waals surface area contributed by atoms with Crippen LogP contribution in [-0.4, -0.2) is 28.6 Å². The normalized spacial score (nSPS) is 21.9. The van der Waals surface area contributed by atoms with Gasteiger partial charge in [-0.3, -0.25) is 4.79 Å². The zero-order valence-corrected chi connectivity index (χ0v) is 11.1. The molecule has 0 aromatic heterocycles. The van der Waals surface area contributed by atoms with Gasteiger partial charge in [-0.05, 0) is 25.3 Å². The van der Waals surface area contributed by atoms with Crippen LogP contribution in [0.4, 0.5) is 0 Å². The van der Waals surface area contributed by atoms with Gasteiger partial charge in [0.15, 0.2) is 0 Å². The van der Waals surface area contributed by atoms with E-state index in [1.807, 2.05) is 11.0 Å². The van der Waals surface area contributed by atoms with Crippen molar-refractivity contribution in [1.29, 1.82) is 0 Å². The summed E-state index contributed by atoms with van der Waals surface area (Å²) in [7, 11) is 0. The van der Waals surface area contributed by atoms with Gasteiger partial charge >= 0.3 is 0 Å². The second kappa shape index (κ2) is 5.58. The molecule has 0 spiro atoms. The Morgan fingerprint density at radius 2 is 2.12 bits per heavy atom. The molecule has 3 heteroatoms. The lowest BCUT2D eigenvalue weighted by atomic mass is 10.1. The van der Waals surface area contributed by atoms with Crippen LogP contribution in [0.3, 0.4) is 0 Å². The van der Waals surface area contributed by atoms with E-state index in [0.717, 1.165) is 19.4 Å². The summed E-state index contributed by atoms with van der Waals surface area (Å²) in [6.45, 7) is 2.94. The Hall–Kier alpha value is -0.960. The first-order valence-electron chi connectivity index (χ1n) is 6.18. The van der Waals surface area contributed by atoms with Crippen molar-refractivity contribution in [2.24, 2.45) is 0 Å². The van der Waals surface area contributed by atoms with E-state index in [1.165, 1.54) is 5.56 Å². The molecule has 2 rings (SSSR count). The van der Waals surface area contributed by atoms with E-state index in [2.05, 4.69) is 43.8 Å². The molecular formula is C14H19NOS. The molecule has 1 heterocycles. The topological polar surface area (TPSA) is 20.3 Å². The molecule has 1 aliphatic heterocycles. The van der Waals surface area contributed by atoms with Crippen molar-refractivity contribution in [1.82, 2.24) is 4.90 Å². The summed E-state index contributed by atoms with van der Waals surface area (Å²) in [6.07, 6.45) is 2.65. The minimum atomic E-state index is 0.224. The number of hydrogen-bond acceptors (Lipinski definition) is 2. The molecule has 2 nitrogen and oxygen atoms in total. The smallest absolute Gasteiger partial charge is 0.224 e. The average Bonchev–Trinajstić information content (AvgIpc) is 2.67. The Morgan fingerprint density at radius 1 is 1.41 bits per heavy atom. The lowest BCUT2D eigenvalue weighted by molar-refractivity contribution is -0.129.